The molecule has 0 bridgehead atoms. The highest BCUT2D eigenvalue weighted by atomic mass is 16.1. The van der Waals surface area contributed by atoms with E-state index in [1.54, 1.807) is 25.3 Å². The lowest BCUT2D eigenvalue weighted by Crippen LogP contribution is -2.09. The van der Waals surface area contributed by atoms with Crippen LogP contribution in [-0.4, -0.2) is 15.8 Å². The van der Waals surface area contributed by atoms with E-state index in [4.69, 9.17) is 0 Å². The van der Waals surface area contributed by atoms with E-state index in [2.05, 4.69) is 9.97 Å². The maximum atomic E-state index is 11.4. The number of aromatic nitrogens is 2. The van der Waals surface area contributed by atoms with Gasteiger partial charge in [-0.15, -0.1) is 0 Å². The second-order valence-corrected chi connectivity index (χ2v) is 3.49. The summed E-state index contributed by atoms with van der Waals surface area (Å²) in [5.41, 5.74) is 1.51. The Labute approximate surface area is 86.0 Å². The number of hydrogen-bond acceptors (Lipinski definition) is 3. The number of Topliss-reactive ketones (excluding diaryl/α,β-unsaturated/α-hetero) is 1. The van der Waals surface area contributed by atoms with Crippen molar-refractivity contribution in [2.75, 3.05) is 0 Å². The van der Waals surface area contributed by atoms with E-state index in [1.165, 1.54) is 6.92 Å². The van der Waals surface area contributed by atoms with Gasteiger partial charge >= 0.3 is 0 Å². The molecule has 0 amide bonds. The molecule has 0 aliphatic carbocycles. The Bertz CT molecular complexity index is 599. The third-order valence-electron chi connectivity index (χ3n) is 2.27. The van der Waals surface area contributed by atoms with E-state index in [0.717, 1.165) is 5.39 Å². The molecule has 2 rings (SSSR count). The molecule has 4 nitrogen and oxygen atoms in total. The number of aromatic amines is 1. The van der Waals surface area contributed by atoms with Crippen LogP contribution in [0.4, 0.5) is 0 Å². The van der Waals surface area contributed by atoms with Crippen molar-refractivity contribution in [1.82, 2.24) is 9.97 Å². The molecule has 0 unspecified atom stereocenters. The van der Waals surface area contributed by atoms with Crippen molar-refractivity contribution in [1.29, 1.82) is 0 Å². The summed E-state index contributed by atoms with van der Waals surface area (Å²) >= 11 is 0. The van der Waals surface area contributed by atoms with Crippen molar-refractivity contribution >= 4 is 16.7 Å². The molecule has 0 fully saturated rings. The fourth-order valence-electron chi connectivity index (χ4n) is 1.40. The van der Waals surface area contributed by atoms with E-state index in [1.807, 2.05) is 0 Å². The number of ketones is 1. The van der Waals surface area contributed by atoms with Crippen LogP contribution in [0.5, 0.6) is 0 Å². The maximum absolute atomic E-state index is 11.4. The van der Waals surface area contributed by atoms with E-state index >= 15 is 0 Å². The van der Waals surface area contributed by atoms with Crippen LogP contribution in [0.25, 0.3) is 10.9 Å². The first-order valence-corrected chi connectivity index (χ1v) is 4.58. The number of nitrogens with zero attached hydrogens (tertiary/aromatic N) is 1. The van der Waals surface area contributed by atoms with Gasteiger partial charge in [-0.25, -0.2) is 0 Å². The highest BCUT2D eigenvalue weighted by Gasteiger charge is 2.04. The minimum atomic E-state index is -0.136. The van der Waals surface area contributed by atoms with Gasteiger partial charge in [0, 0.05) is 24.1 Å². The van der Waals surface area contributed by atoms with E-state index in [9.17, 15) is 9.59 Å². The lowest BCUT2D eigenvalue weighted by atomic mass is 10.2. The molecule has 0 aliphatic rings. The van der Waals surface area contributed by atoms with Crippen molar-refractivity contribution in [2.24, 2.45) is 0 Å². The Hall–Kier alpha value is -1.97. The zero-order valence-electron chi connectivity index (χ0n) is 8.50. The van der Waals surface area contributed by atoms with Gasteiger partial charge in [-0.2, -0.15) is 0 Å². The summed E-state index contributed by atoms with van der Waals surface area (Å²) in [6.45, 7) is 3.18. The first kappa shape index (κ1) is 9.58. The number of pyridine rings is 2. The SMILES string of the molecule is CC(=O)c1cc2[nH]c(=O)c(C)cc2cn1. The van der Waals surface area contributed by atoms with Crippen molar-refractivity contribution in [3.05, 3.63) is 39.9 Å². The fraction of sp³-hybridized carbons (Fsp3) is 0.182. The molecule has 0 radical (unpaired) electrons. The Morgan fingerprint density at radius 3 is 2.80 bits per heavy atom. The monoisotopic (exact) mass is 202 g/mol. The molecule has 0 atom stereocenters. The Morgan fingerprint density at radius 2 is 2.13 bits per heavy atom. The Morgan fingerprint density at radius 1 is 1.40 bits per heavy atom. The molecule has 0 saturated heterocycles. The van der Waals surface area contributed by atoms with Crippen LogP contribution in [0.1, 0.15) is 23.0 Å². The number of rotatable bonds is 1. The predicted molar refractivity (Wildman–Crippen MR) is 57.1 cm³/mol. The first-order valence-electron chi connectivity index (χ1n) is 4.58. The molecule has 0 saturated carbocycles. The molecule has 15 heavy (non-hydrogen) atoms. The van der Waals surface area contributed by atoms with Gasteiger partial charge in [-0.1, -0.05) is 0 Å². The molecule has 1 N–H and O–H groups in total. The number of nitrogens with one attached hydrogen (secondary N) is 1. The summed E-state index contributed by atoms with van der Waals surface area (Å²) in [6.07, 6.45) is 1.59. The van der Waals surface area contributed by atoms with E-state index in [-0.39, 0.29) is 11.3 Å². The van der Waals surface area contributed by atoms with Crippen LogP contribution in [0.15, 0.2) is 23.1 Å². The molecule has 4 heteroatoms. The average molecular weight is 202 g/mol. The highest BCUT2D eigenvalue weighted by molar-refractivity contribution is 5.95. The molecule has 2 aromatic rings. The smallest absolute Gasteiger partial charge is 0.251 e. The van der Waals surface area contributed by atoms with Gasteiger partial charge in [0.25, 0.3) is 5.56 Å². The van der Waals surface area contributed by atoms with Crippen LogP contribution < -0.4 is 5.56 Å². The topological polar surface area (TPSA) is 62.8 Å². The van der Waals surface area contributed by atoms with Gasteiger partial charge in [-0.05, 0) is 19.1 Å². The third-order valence-corrected chi connectivity index (χ3v) is 2.27. The maximum Gasteiger partial charge on any atom is 0.251 e. The second kappa shape index (κ2) is 3.31. The number of H-pyrrole nitrogens is 1. The van der Waals surface area contributed by atoms with Crippen molar-refractivity contribution in [2.45, 2.75) is 13.8 Å². The molecule has 76 valence electrons. The minimum absolute atomic E-state index is 0.113. The van der Waals surface area contributed by atoms with Crippen molar-refractivity contribution in [3.8, 4) is 0 Å². The second-order valence-electron chi connectivity index (χ2n) is 3.49. The summed E-state index contributed by atoms with van der Waals surface area (Å²) in [5, 5.41) is 0.831. The predicted octanol–water partition coefficient (Wildman–Crippen LogP) is 1.43. The normalized spacial score (nSPS) is 10.5. The zero-order chi connectivity index (χ0) is 11.0. The molecule has 0 spiro atoms. The van der Waals surface area contributed by atoms with Crippen LogP contribution >= 0.6 is 0 Å². The van der Waals surface area contributed by atoms with Crippen LogP contribution in [0.2, 0.25) is 0 Å². The third kappa shape index (κ3) is 1.66. The minimum Gasteiger partial charge on any atom is -0.322 e. The number of aryl methyl sites for hydroxylation is 1. The van der Waals surface area contributed by atoms with Gasteiger partial charge < -0.3 is 4.98 Å². The van der Waals surface area contributed by atoms with Gasteiger partial charge in [0.1, 0.15) is 5.69 Å². The zero-order valence-corrected chi connectivity index (χ0v) is 8.50. The summed E-state index contributed by atoms with van der Waals surface area (Å²) < 4.78 is 0. The van der Waals surface area contributed by atoms with Gasteiger partial charge in [0.15, 0.2) is 5.78 Å². The molecule has 0 aliphatic heterocycles. The Balaban J connectivity index is 2.77. The van der Waals surface area contributed by atoms with Crippen molar-refractivity contribution < 1.29 is 4.79 Å². The quantitative estimate of drug-likeness (QED) is 0.711. The molecule has 0 aromatic carbocycles. The largest absolute Gasteiger partial charge is 0.322 e. The van der Waals surface area contributed by atoms with Gasteiger partial charge in [-0.3, -0.25) is 14.6 Å². The summed E-state index contributed by atoms with van der Waals surface area (Å²) in [6, 6.07) is 3.35. The number of carbonyl (C=O) groups is 1. The van der Waals surface area contributed by atoms with Crippen molar-refractivity contribution in [3.63, 3.8) is 0 Å². The summed E-state index contributed by atoms with van der Waals surface area (Å²) in [5.74, 6) is -0.113. The molecule has 2 heterocycles. The number of carbonyl (C=O) groups excluding carboxylic acids is 1. The average Bonchev–Trinajstić information content (AvgIpc) is 2.19. The lowest BCUT2D eigenvalue weighted by molar-refractivity contribution is 0.101. The summed E-state index contributed by atoms with van der Waals surface area (Å²) in [4.78, 5) is 29.2. The standard InChI is InChI=1S/C11H10N2O2/c1-6-3-8-5-12-9(7(2)14)4-10(8)13-11(6)15/h3-5H,1-2H3,(H,13,15). The van der Waals surface area contributed by atoms with Crippen LogP contribution in [0, 0.1) is 6.92 Å². The number of fused-ring (bicyclic) bond motifs is 1. The molecular formula is C11H10N2O2. The fourth-order valence-corrected chi connectivity index (χ4v) is 1.40. The lowest BCUT2D eigenvalue weighted by Gasteiger charge is -2.00. The Kier molecular flexibility index (Phi) is 2.11. The van der Waals surface area contributed by atoms with Gasteiger partial charge in [0.2, 0.25) is 0 Å². The van der Waals surface area contributed by atoms with Gasteiger partial charge in [0.05, 0.1) is 5.52 Å². The molecule has 2 aromatic heterocycles. The first-order chi connectivity index (χ1) is 7.08. The van der Waals surface area contributed by atoms with E-state index in [0.29, 0.717) is 16.8 Å². The highest BCUT2D eigenvalue weighted by Crippen LogP contribution is 2.10. The van der Waals surface area contributed by atoms with Crippen LogP contribution in [0.3, 0.4) is 0 Å². The summed E-state index contributed by atoms with van der Waals surface area (Å²) in [7, 11) is 0. The number of hydrogen-bond donors (Lipinski definition) is 1. The van der Waals surface area contributed by atoms with E-state index < -0.39 is 0 Å². The van der Waals surface area contributed by atoms with Crippen LogP contribution in [-0.2, 0) is 0 Å². The molecular weight excluding hydrogens is 192 g/mol.